The minimum absolute atomic E-state index is 0.205. The fourth-order valence-corrected chi connectivity index (χ4v) is 4.71. The molecule has 1 saturated carbocycles. The highest BCUT2D eigenvalue weighted by Crippen LogP contribution is 2.48. The highest BCUT2D eigenvalue weighted by Gasteiger charge is 2.47. The number of aromatic nitrogens is 3. The van der Waals surface area contributed by atoms with Gasteiger partial charge in [-0.15, -0.1) is 11.3 Å². The number of halogens is 3. The van der Waals surface area contributed by atoms with Gasteiger partial charge in [0.15, 0.2) is 0 Å². The van der Waals surface area contributed by atoms with Crippen LogP contribution >= 0.6 is 11.3 Å². The van der Waals surface area contributed by atoms with Gasteiger partial charge in [-0.05, 0) is 24.3 Å². The van der Waals surface area contributed by atoms with Crippen molar-refractivity contribution in [1.29, 1.82) is 0 Å². The van der Waals surface area contributed by atoms with Crippen LogP contribution in [0.5, 0.6) is 0 Å². The molecular formula is C21H20F3N5O2S. The van der Waals surface area contributed by atoms with Crippen LogP contribution in [0.1, 0.15) is 29.4 Å². The van der Waals surface area contributed by atoms with Gasteiger partial charge >= 0.3 is 0 Å². The van der Waals surface area contributed by atoms with Crippen molar-refractivity contribution in [2.24, 2.45) is 0 Å². The molecule has 0 bridgehead atoms. The molecule has 7 nitrogen and oxygen atoms in total. The number of amides is 1. The second-order valence-electron chi connectivity index (χ2n) is 7.85. The molecule has 1 saturated heterocycles. The van der Waals surface area contributed by atoms with Crippen molar-refractivity contribution in [1.82, 2.24) is 25.2 Å². The highest BCUT2D eigenvalue weighted by molar-refractivity contribution is 7.13. The SMILES string of the molecule is O=C(NC1CNCCO1)c1csc(-c2c(-c3ccc(F)cc3)ncn2C2CC(F)(F)C2)n1. The maximum absolute atomic E-state index is 13.6. The molecule has 2 aromatic heterocycles. The Bertz CT molecular complexity index is 1120. The summed E-state index contributed by atoms with van der Waals surface area (Å²) in [6.07, 6.45) is 0.490. The van der Waals surface area contributed by atoms with Crippen molar-refractivity contribution in [3.05, 3.63) is 47.5 Å². The lowest BCUT2D eigenvalue weighted by Gasteiger charge is -2.36. The second-order valence-corrected chi connectivity index (χ2v) is 8.71. The van der Waals surface area contributed by atoms with Crippen LogP contribution in [0.4, 0.5) is 13.2 Å². The van der Waals surface area contributed by atoms with Gasteiger partial charge in [-0.2, -0.15) is 0 Å². The maximum Gasteiger partial charge on any atom is 0.272 e. The molecule has 2 aliphatic rings. The molecule has 5 rings (SSSR count). The zero-order valence-corrected chi connectivity index (χ0v) is 17.7. The van der Waals surface area contributed by atoms with Gasteiger partial charge in [0.25, 0.3) is 11.8 Å². The number of nitrogens with zero attached hydrogens (tertiary/aromatic N) is 3. The maximum atomic E-state index is 13.6. The number of ether oxygens (including phenoxy) is 1. The number of carbonyl (C=O) groups excluding carboxylic acids is 1. The van der Waals surface area contributed by atoms with E-state index in [9.17, 15) is 18.0 Å². The summed E-state index contributed by atoms with van der Waals surface area (Å²) in [7, 11) is 0. The fraction of sp³-hybridized carbons (Fsp3) is 0.381. The van der Waals surface area contributed by atoms with Crippen LogP contribution in [0.2, 0.25) is 0 Å². The molecule has 2 fully saturated rings. The Morgan fingerprint density at radius 3 is 2.75 bits per heavy atom. The molecule has 2 N–H and O–H groups in total. The van der Waals surface area contributed by atoms with E-state index in [0.717, 1.165) is 6.54 Å². The number of hydrogen-bond donors (Lipinski definition) is 2. The average molecular weight is 463 g/mol. The molecule has 0 radical (unpaired) electrons. The summed E-state index contributed by atoms with van der Waals surface area (Å²) in [5, 5.41) is 8.00. The van der Waals surface area contributed by atoms with E-state index in [4.69, 9.17) is 4.74 Å². The van der Waals surface area contributed by atoms with Crippen molar-refractivity contribution < 1.29 is 22.7 Å². The van der Waals surface area contributed by atoms with Crippen LogP contribution in [0.3, 0.4) is 0 Å². The third-order valence-corrected chi connectivity index (χ3v) is 6.38. The van der Waals surface area contributed by atoms with Gasteiger partial charge in [0.05, 0.1) is 18.6 Å². The number of morpholine rings is 1. The Hall–Kier alpha value is -2.76. The lowest BCUT2D eigenvalue weighted by molar-refractivity contribution is -0.103. The number of alkyl halides is 2. The van der Waals surface area contributed by atoms with E-state index in [-0.39, 0.29) is 30.3 Å². The van der Waals surface area contributed by atoms with E-state index >= 15 is 0 Å². The molecule has 0 spiro atoms. The number of rotatable bonds is 5. The molecule has 3 aromatic rings. The number of imidazole rings is 1. The first-order valence-corrected chi connectivity index (χ1v) is 11.1. The average Bonchev–Trinajstić information content (AvgIpc) is 3.40. The van der Waals surface area contributed by atoms with Crippen LogP contribution in [0, 0.1) is 5.82 Å². The van der Waals surface area contributed by atoms with Crippen LogP contribution in [0.25, 0.3) is 22.0 Å². The second kappa shape index (κ2) is 8.30. The van der Waals surface area contributed by atoms with Crippen molar-refractivity contribution in [2.75, 3.05) is 19.7 Å². The van der Waals surface area contributed by atoms with Gasteiger partial charge in [0.2, 0.25) is 0 Å². The van der Waals surface area contributed by atoms with Crippen LogP contribution < -0.4 is 10.6 Å². The van der Waals surface area contributed by atoms with E-state index < -0.39 is 18.2 Å². The zero-order chi connectivity index (χ0) is 22.3. The number of carbonyl (C=O) groups is 1. The quantitative estimate of drug-likeness (QED) is 0.606. The van der Waals surface area contributed by atoms with Crippen molar-refractivity contribution in [3.63, 3.8) is 0 Å². The fourth-order valence-electron chi connectivity index (χ4n) is 3.86. The molecule has 1 aromatic carbocycles. The number of thiazole rings is 1. The minimum Gasteiger partial charge on any atom is -0.356 e. The lowest BCUT2D eigenvalue weighted by atomic mass is 9.88. The Morgan fingerprint density at radius 2 is 2.06 bits per heavy atom. The summed E-state index contributed by atoms with van der Waals surface area (Å²) in [6, 6.07) is 5.36. The first kappa shape index (κ1) is 21.1. The smallest absolute Gasteiger partial charge is 0.272 e. The molecule has 1 aliphatic heterocycles. The van der Waals surface area contributed by atoms with E-state index in [1.807, 2.05) is 0 Å². The van der Waals surface area contributed by atoms with E-state index in [1.165, 1.54) is 29.8 Å². The first-order valence-electron chi connectivity index (χ1n) is 10.2. The summed E-state index contributed by atoms with van der Waals surface area (Å²) in [6.45, 7) is 1.73. The summed E-state index contributed by atoms with van der Waals surface area (Å²) in [4.78, 5) is 21.5. The van der Waals surface area contributed by atoms with E-state index in [2.05, 4.69) is 20.6 Å². The molecule has 1 aliphatic carbocycles. The third-order valence-electron chi connectivity index (χ3n) is 5.53. The highest BCUT2D eigenvalue weighted by atomic mass is 32.1. The van der Waals surface area contributed by atoms with Gasteiger partial charge < -0.3 is 19.9 Å². The molecular weight excluding hydrogens is 443 g/mol. The molecule has 1 atom stereocenters. The molecule has 3 heterocycles. The minimum atomic E-state index is -2.70. The molecule has 1 amide bonds. The van der Waals surface area contributed by atoms with Crippen LogP contribution in [0.15, 0.2) is 36.0 Å². The van der Waals surface area contributed by atoms with E-state index in [1.54, 1.807) is 22.1 Å². The zero-order valence-electron chi connectivity index (χ0n) is 16.9. The number of hydrogen-bond acceptors (Lipinski definition) is 6. The largest absolute Gasteiger partial charge is 0.356 e. The molecule has 1 unspecified atom stereocenters. The summed E-state index contributed by atoms with van der Waals surface area (Å²) >= 11 is 1.22. The Morgan fingerprint density at radius 1 is 1.28 bits per heavy atom. The topological polar surface area (TPSA) is 81.1 Å². The third kappa shape index (κ3) is 4.15. The number of nitrogens with one attached hydrogen (secondary N) is 2. The predicted octanol–water partition coefficient (Wildman–Crippen LogP) is 3.46. The van der Waals surface area contributed by atoms with Crippen molar-refractivity contribution in [2.45, 2.75) is 31.0 Å². The van der Waals surface area contributed by atoms with Gasteiger partial charge in [-0.25, -0.2) is 23.1 Å². The van der Waals surface area contributed by atoms with Crippen LogP contribution in [-0.4, -0.2) is 52.3 Å². The van der Waals surface area contributed by atoms with Gasteiger partial charge in [0.1, 0.15) is 28.4 Å². The van der Waals surface area contributed by atoms with Crippen molar-refractivity contribution >= 4 is 17.2 Å². The number of benzene rings is 1. The Balaban J connectivity index is 1.47. The first-order chi connectivity index (χ1) is 15.4. The van der Waals surface area contributed by atoms with Crippen molar-refractivity contribution in [3.8, 4) is 22.0 Å². The van der Waals surface area contributed by atoms with Gasteiger partial charge in [-0.3, -0.25) is 4.79 Å². The van der Waals surface area contributed by atoms with E-state index in [0.29, 0.717) is 35.1 Å². The molecule has 32 heavy (non-hydrogen) atoms. The van der Waals surface area contributed by atoms with Crippen LogP contribution in [-0.2, 0) is 4.74 Å². The van der Waals surface area contributed by atoms with Gasteiger partial charge in [0, 0.05) is 42.9 Å². The predicted molar refractivity (Wildman–Crippen MR) is 112 cm³/mol. The Labute approximate surface area is 185 Å². The lowest BCUT2D eigenvalue weighted by Crippen LogP contribution is -2.49. The summed E-state index contributed by atoms with van der Waals surface area (Å²) < 4.78 is 47.7. The van der Waals surface area contributed by atoms with Gasteiger partial charge in [-0.1, -0.05) is 0 Å². The molecule has 11 heteroatoms. The standard InChI is InChI=1S/C21H20F3N5O2S/c22-13-3-1-12(2-4-13)17-18(29(11-26-17)14-7-21(23,24)8-14)20-27-15(10-32-20)19(30)28-16-9-25-5-6-31-16/h1-4,10-11,14,16,25H,5-9H2,(H,28,30). The summed E-state index contributed by atoms with van der Waals surface area (Å²) in [5.74, 6) is -3.48. The summed E-state index contributed by atoms with van der Waals surface area (Å²) in [5.41, 5.74) is 1.88. The normalized spacial score (nSPS) is 20.7. The molecule has 168 valence electrons. The monoisotopic (exact) mass is 463 g/mol. The Kier molecular flexibility index (Phi) is 5.48.